The van der Waals surface area contributed by atoms with Gasteiger partial charge in [-0.05, 0) is 19.0 Å². The first kappa shape index (κ1) is 10.6. The summed E-state index contributed by atoms with van der Waals surface area (Å²) in [6, 6.07) is 1.27. The van der Waals surface area contributed by atoms with Crippen molar-refractivity contribution < 1.29 is 25.5 Å². The summed E-state index contributed by atoms with van der Waals surface area (Å²) < 4.78 is 5.64. The van der Waals surface area contributed by atoms with E-state index in [-0.39, 0.29) is 21.1 Å². The zero-order chi connectivity index (χ0) is 6.74. The molecule has 10 heavy (non-hydrogen) atoms. The summed E-state index contributed by atoms with van der Waals surface area (Å²) >= 11 is 0. The Morgan fingerprint density at radius 3 is 2.50 bits per heavy atom. The van der Waals surface area contributed by atoms with Crippen LogP contribution in [0.15, 0.2) is 12.3 Å². The Morgan fingerprint density at radius 2 is 2.20 bits per heavy atom. The molecule has 3 heteroatoms. The summed E-state index contributed by atoms with van der Waals surface area (Å²) in [5.74, 6) is 0. The van der Waals surface area contributed by atoms with Gasteiger partial charge in [0.15, 0.2) is 0 Å². The Hall–Kier alpha value is 0.605. The van der Waals surface area contributed by atoms with Crippen LogP contribution in [0.4, 0.5) is 0 Å². The molecule has 0 amide bonds. The summed E-state index contributed by atoms with van der Waals surface area (Å²) in [7, 11) is -1.35. The first-order valence-corrected chi connectivity index (χ1v) is 6.24. The SMILES string of the molecule is C=C[Si]1(C)CCCCO1.[Pt]. The van der Waals surface area contributed by atoms with Crippen molar-refractivity contribution in [2.45, 2.75) is 25.4 Å². The van der Waals surface area contributed by atoms with E-state index in [0.717, 1.165) is 6.61 Å². The van der Waals surface area contributed by atoms with E-state index in [9.17, 15) is 0 Å². The average molecular weight is 337 g/mol. The molecule has 0 aliphatic carbocycles. The number of hydrogen-bond donors (Lipinski definition) is 0. The fraction of sp³-hybridized carbons (Fsp3) is 0.714. The van der Waals surface area contributed by atoms with Crippen molar-refractivity contribution in [3.8, 4) is 0 Å². The Labute approximate surface area is 78.2 Å². The molecule has 1 saturated heterocycles. The maximum absolute atomic E-state index is 5.64. The first-order valence-electron chi connectivity index (χ1n) is 3.54. The van der Waals surface area contributed by atoms with Crippen LogP contribution in [0.1, 0.15) is 12.8 Å². The second-order valence-electron chi connectivity index (χ2n) is 2.82. The van der Waals surface area contributed by atoms with Crippen LogP contribution in [0.3, 0.4) is 0 Å². The van der Waals surface area contributed by atoms with Crippen molar-refractivity contribution in [3.05, 3.63) is 12.3 Å². The summed E-state index contributed by atoms with van der Waals surface area (Å²) in [6.07, 6.45) is 2.59. The van der Waals surface area contributed by atoms with E-state index in [1.165, 1.54) is 18.9 Å². The van der Waals surface area contributed by atoms with Crippen LogP contribution in [0.2, 0.25) is 12.6 Å². The van der Waals surface area contributed by atoms with Gasteiger partial charge in [-0.25, -0.2) is 0 Å². The molecule has 0 bridgehead atoms. The van der Waals surface area contributed by atoms with Crippen molar-refractivity contribution in [3.63, 3.8) is 0 Å². The van der Waals surface area contributed by atoms with E-state index in [0.29, 0.717) is 0 Å². The molecule has 1 heterocycles. The van der Waals surface area contributed by atoms with Gasteiger partial charge in [0.1, 0.15) is 0 Å². The van der Waals surface area contributed by atoms with E-state index >= 15 is 0 Å². The predicted octanol–water partition coefficient (Wildman–Crippen LogP) is 2.09. The van der Waals surface area contributed by atoms with Gasteiger partial charge in [-0.15, -0.1) is 6.58 Å². The molecule has 0 radical (unpaired) electrons. The molecule has 1 fully saturated rings. The molecule has 1 aliphatic heterocycles. The summed E-state index contributed by atoms with van der Waals surface area (Å²) in [4.78, 5) is 0. The van der Waals surface area contributed by atoms with E-state index in [2.05, 4.69) is 13.1 Å². The molecule has 0 aromatic carbocycles. The van der Waals surface area contributed by atoms with Gasteiger partial charge >= 0.3 is 0 Å². The summed E-state index contributed by atoms with van der Waals surface area (Å²) in [5, 5.41) is 0. The summed E-state index contributed by atoms with van der Waals surface area (Å²) in [5.41, 5.74) is 2.05. The normalized spacial score (nSPS) is 32.5. The largest absolute Gasteiger partial charge is 0.413 e. The van der Waals surface area contributed by atoms with Gasteiger partial charge in [0.05, 0.1) is 0 Å². The molecular weight excluding hydrogens is 323 g/mol. The van der Waals surface area contributed by atoms with Crippen LogP contribution in [-0.2, 0) is 25.5 Å². The maximum atomic E-state index is 5.64. The zero-order valence-corrected chi connectivity index (χ0v) is 9.61. The Balaban J connectivity index is 0.000000810. The third kappa shape index (κ3) is 2.69. The van der Waals surface area contributed by atoms with Crippen LogP contribution >= 0.6 is 0 Å². The van der Waals surface area contributed by atoms with Crippen LogP contribution in [0.25, 0.3) is 0 Å². The average Bonchev–Trinajstić information content (AvgIpc) is 1.90. The molecule has 1 unspecified atom stereocenters. The Morgan fingerprint density at radius 1 is 1.50 bits per heavy atom. The minimum atomic E-state index is -1.35. The minimum Gasteiger partial charge on any atom is -0.413 e. The van der Waals surface area contributed by atoms with E-state index in [1.54, 1.807) is 0 Å². The van der Waals surface area contributed by atoms with E-state index in [1.807, 2.05) is 5.70 Å². The third-order valence-electron chi connectivity index (χ3n) is 1.93. The summed E-state index contributed by atoms with van der Waals surface area (Å²) in [6.45, 7) is 7.00. The molecule has 1 aliphatic rings. The molecule has 0 saturated carbocycles. The first-order chi connectivity index (χ1) is 4.27. The minimum absolute atomic E-state index is 0. The molecule has 1 nitrogen and oxygen atoms in total. The number of rotatable bonds is 1. The molecule has 62 valence electrons. The Bertz CT molecular complexity index is 110. The topological polar surface area (TPSA) is 9.23 Å². The molecular formula is C7H14OPtSi. The maximum Gasteiger partial charge on any atom is 0.213 e. The van der Waals surface area contributed by atoms with Crippen LogP contribution in [-0.4, -0.2) is 14.9 Å². The van der Waals surface area contributed by atoms with Crippen molar-refractivity contribution in [2.24, 2.45) is 0 Å². The molecule has 1 atom stereocenters. The second-order valence-corrected chi connectivity index (χ2v) is 6.64. The zero-order valence-electron chi connectivity index (χ0n) is 6.34. The van der Waals surface area contributed by atoms with Crippen molar-refractivity contribution >= 4 is 8.32 Å². The van der Waals surface area contributed by atoms with Crippen LogP contribution in [0, 0.1) is 0 Å². The molecule has 0 N–H and O–H groups in total. The van der Waals surface area contributed by atoms with Gasteiger partial charge in [-0.2, -0.15) is 0 Å². The van der Waals surface area contributed by atoms with Crippen LogP contribution < -0.4 is 0 Å². The van der Waals surface area contributed by atoms with Crippen molar-refractivity contribution in [2.75, 3.05) is 6.61 Å². The van der Waals surface area contributed by atoms with Gasteiger partial charge in [-0.1, -0.05) is 12.1 Å². The molecule has 0 aromatic rings. The fourth-order valence-electron chi connectivity index (χ4n) is 1.12. The second kappa shape index (κ2) is 4.48. The number of hydrogen-bond acceptors (Lipinski definition) is 1. The van der Waals surface area contributed by atoms with Gasteiger partial charge in [0.25, 0.3) is 0 Å². The van der Waals surface area contributed by atoms with Gasteiger partial charge in [-0.3, -0.25) is 0 Å². The van der Waals surface area contributed by atoms with Gasteiger partial charge < -0.3 is 4.43 Å². The molecule has 0 aromatic heterocycles. The van der Waals surface area contributed by atoms with E-state index in [4.69, 9.17) is 4.43 Å². The Kier molecular flexibility index (Phi) is 4.75. The third-order valence-corrected chi connectivity index (χ3v) is 5.00. The standard InChI is InChI=1S/C7H14OSi.Pt/c1-3-9(2)7-5-4-6-8-9;/h3H,1,4-7H2,2H3;. The van der Waals surface area contributed by atoms with Gasteiger partial charge in [0, 0.05) is 27.7 Å². The quantitative estimate of drug-likeness (QED) is 0.666. The van der Waals surface area contributed by atoms with E-state index < -0.39 is 8.32 Å². The van der Waals surface area contributed by atoms with Crippen molar-refractivity contribution in [1.82, 2.24) is 0 Å². The molecule has 0 spiro atoms. The van der Waals surface area contributed by atoms with Crippen LogP contribution in [0.5, 0.6) is 0 Å². The molecule has 1 rings (SSSR count). The van der Waals surface area contributed by atoms with Crippen molar-refractivity contribution in [1.29, 1.82) is 0 Å². The van der Waals surface area contributed by atoms with Gasteiger partial charge in [0.2, 0.25) is 8.32 Å². The monoisotopic (exact) mass is 337 g/mol. The predicted molar refractivity (Wildman–Crippen MR) is 41.8 cm³/mol. The smallest absolute Gasteiger partial charge is 0.213 e. The fourth-order valence-corrected chi connectivity index (χ4v) is 3.15.